The van der Waals surface area contributed by atoms with Crippen molar-refractivity contribution < 1.29 is 0 Å². The predicted molar refractivity (Wildman–Crippen MR) is 54.7 cm³/mol. The van der Waals surface area contributed by atoms with Crippen LogP contribution in [0, 0.1) is 11.3 Å². The molecule has 2 rings (SSSR count). The van der Waals surface area contributed by atoms with E-state index in [1.54, 1.807) is 12.4 Å². The summed E-state index contributed by atoms with van der Waals surface area (Å²) in [7, 11) is 0. The molecule has 0 saturated heterocycles. The summed E-state index contributed by atoms with van der Waals surface area (Å²) in [4.78, 5) is 9.38. The molecule has 0 fully saturated rings. The Labute approximate surface area is 85.7 Å². The Bertz CT molecular complexity index is 456. The molecule has 2 aromatic rings. The lowest BCUT2D eigenvalue weighted by Gasteiger charge is -1.91. The van der Waals surface area contributed by atoms with Crippen LogP contribution in [0.4, 0.5) is 0 Å². The third-order valence-electron chi connectivity index (χ3n) is 1.69. The van der Waals surface area contributed by atoms with Gasteiger partial charge in [-0.15, -0.1) is 11.3 Å². The summed E-state index contributed by atoms with van der Waals surface area (Å²) in [5.74, 6) is 0. The van der Waals surface area contributed by atoms with Gasteiger partial charge in [-0.1, -0.05) is 6.07 Å². The first-order chi connectivity index (χ1) is 6.90. The quantitative estimate of drug-likeness (QED) is 0.748. The molecular weight excluding hydrogens is 194 g/mol. The molecule has 0 spiro atoms. The smallest absolute Gasteiger partial charge is 0.142 e. The SMILES string of the molecule is N#CCc1cnc(-c2ccccn2)s1. The number of hydrogen-bond acceptors (Lipinski definition) is 4. The first-order valence-corrected chi connectivity index (χ1v) is 4.95. The highest BCUT2D eigenvalue weighted by atomic mass is 32.1. The molecule has 4 heteroatoms. The van der Waals surface area contributed by atoms with Gasteiger partial charge < -0.3 is 0 Å². The molecule has 0 aliphatic rings. The van der Waals surface area contributed by atoms with Crippen molar-refractivity contribution in [2.24, 2.45) is 0 Å². The van der Waals surface area contributed by atoms with E-state index in [-0.39, 0.29) is 0 Å². The number of pyridine rings is 1. The monoisotopic (exact) mass is 201 g/mol. The summed E-state index contributed by atoms with van der Waals surface area (Å²) in [6.07, 6.45) is 3.89. The number of nitriles is 1. The van der Waals surface area contributed by atoms with Gasteiger partial charge in [-0.25, -0.2) is 4.98 Å². The highest BCUT2D eigenvalue weighted by Crippen LogP contribution is 2.22. The van der Waals surface area contributed by atoms with Gasteiger partial charge in [-0.05, 0) is 12.1 Å². The number of aromatic nitrogens is 2. The van der Waals surface area contributed by atoms with Crippen LogP contribution in [0.1, 0.15) is 4.88 Å². The van der Waals surface area contributed by atoms with Gasteiger partial charge in [-0.3, -0.25) is 4.98 Å². The minimum Gasteiger partial charge on any atom is -0.254 e. The Morgan fingerprint density at radius 2 is 2.29 bits per heavy atom. The molecule has 0 radical (unpaired) electrons. The van der Waals surface area contributed by atoms with Crippen LogP contribution in [-0.4, -0.2) is 9.97 Å². The third-order valence-corrected chi connectivity index (χ3v) is 2.71. The molecule has 3 nitrogen and oxygen atoms in total. The van der Waals surface area contributed by atoms with Crippen LogP contribution < -0.4 is 0 Å². The number of nitrogens with zero attached hydrogens (tertiary/aromatic N) is 3. The Morgan fingerprint density at radius 3 is 3.00 bits per heavy atom. The van der Waals surface area contributed by atoms with E-state index in [9.17, 15) is 0 Å². The normalized spacial score (nSPS) is 9.64. The van der Waals surface area contributed by atoms with Crippen molar-refractivity contribution in [3.63, 3.8) is 0 Å². The average Bonchev–Trinajstić information content (AvgIpc) is 2.68. The van der Waals surface area contributed by atoms with Crippen LogP contribution in [0.25, 0.3) is 10.7 Å². The molecule has 2 aromatic heterocycles. The van der Waals surface area contributed by atoms with E-state index in [1.165, 1.54) is 11.3 Å². The van der Waals surface area contributed by atoms with Crippen molar-refractivity contribution in [2.75, 3.05) is 0 Å². The largest absolute Gasteiger partial charge is 0.254 e. The molecule has 0 saturated carbocycles. The molecule has 2 heterocycles. The second-order valence-electron chi connectivity index (χ2n) is 2.68. The van der Waals surface area contributed by atoms with Crippen LogP contribution in [-0.2, 0) is 6.42 Å². The minimum atomic E-state index is 0.421. The van der Waals surface area contributed by atoms with Crippen LogP contribution in [0.5, 0.6) is 0 Å². The summed E-state index contributed by atoms with van der Waals surface area (Å²) >= 11 is 1.51. The number of thiazole rings is 1. The van der Waals surface area contributed by atoms with Gasteiger partial charge in [0.1, 0.15) is 5.01 Å². The minimum absolute atomic E-state index is 0.421. The zero-order valence-electron chi connectivity index (χ0n) is 7.34. The van der Waals surface area contributed by atoms with Crippen LogP contribution >= 0.6 is 11.3 Å². The molecule has 68 valence electrons. The van der Waals surface area contributed by atoms with E-state index in [4.69, 9.17) is 5.26 Å². The van der Waals surface area contributed by atoms with Gasteiger partial charge in [0.05, 0.1) is 18.2 Å². The second kappa shape index (κ2) is 3.99. The Balaban J connectivity index is 2.31. The predicted octanol–water partition coefficient (Wildman–Crippen LogP) is 2.27. The van der Waals surface area contributed by atoms with E-state index >= 15 is 0 Å². The highest BCUT2D eigenvalue weighted by Gasteiger charge is 2.04. The van der Waals surface area contributed by atoms with Crippen molar-refractivity contribution in [1.29, 1.82) is 5.26 Å². The van der Waals surface area contributed by atoms with Gasteiger partial charge in [-0.2, -0.15) is 5.26 Å². The lowest BCUT2D eigenvalue weighted by atomic mass is 10.4. The Morgan fingerprint density at radius 1 is 1.36 bits per heavy atom. The fourth-order valence-electron chi connectivity index (χ4n) is 1.07. The highest BCUT2D eigenvalue weighted by molar-refractivity contribution is 7.15. The molecule has 0 aromatic carbocycles. The first kappa shape index (κ1) is 8.85. The maximum atomic E-state index is 8.51. The zero-order valence-corrected chi connectivity index (χ0v) is 8.16. The number of rotatable bonds is 2. The molecule has 0 atom stereocenters. The Kier molecular flexibility index (Phi) is 2.52. The van der Waals surface area contributed by atoms with E-state index in [1.807, 2.05) is 18.2 Å². The molecule has 0 N–H and O–H groups in total. The van der Waals surface area contributed by atoms with Gasteiger partial charge in [0.2, 0.25) is 0 Å². The van der Waals surface area contributed by atoms with Crippen LogP contribution in [0.15, 0.2) is 30.6 Å². The molecule has 0 unspecified atom stereocenters. The van der Waals surface area contributed by atoms with Crippen LogP contribution in [0.3, 0.4) is 0 Å². The van der Waals surface area contributed by atoms with E-state index in [0.29, 0.717) is 6.42 Å². The summed E-state index contributed by atoms with van der Waals surface area (Å²) in [6.45, 7) is 0. The van der Waals surface area contributed by atoms with Crippen molar-refractivity contribution >= 4 is 11.3 Å². The summed E-state index contributed by atoms with van der Waals surface area (Å²) in [5.41, 5.74) is 0.863. The van der Waals surface area contributed by atoms with Crippen molar-refractivity contribution in [2.45, 2.75) is 6.42 Å². The lowest BCUT2D eigenvalue weighted by molar-refractivity contribution is 1.26. The molecule has 0 aliphatic carbocycles. The fraction of sp³-hybridized carbons (Fsp3) is 0.100. The summed E-state index contributed by atoms with van der Waals surface area (Å²) < 4.78 is 0. The van der Waals surface area contributed by atoms with Gasteiger partial charge in [0, 0.05) is 17.3 Å². The van der Waals surface area contributed by atoms with E-state index < -0.39 is 0 Å². The second-order valence-corrected chi connectivity index (χ2v) is 3.80. The summed E-state index contributed by atoms with van der Waals surface area (Å²) in [6, 6.07) is 7.80. The van der Waals surface area contributed by atoms with E-state index in [2.05, 4.69) is 16.0 Å². The van der Waals surface area contributed by atoms with Gasteiger partial charge in [0.15, 0.2) is 0 Å². The van der Waals surface area contributed by atoms with Crippen LogP contribution in [0.2, 0.25) is 0 Å². The van der Waals surface area contributed by atoms with Crippen molar-refractivity contribution in [1.82, 2.24) is 9.97 Å². The third kappa shape index (κ3) is 1.78. The van der Waals surface area contributed by atoms with Gasteiger partial charge >= 0.3 is 0 Å². The molecule has 0 aliphatic heterocycles. The molecular formula is C10H7N3S. The lowest BCUT2D eigenvalue weighted by Crippen LogP contribution is -1.78. The van der Waals surface area contributed by atoms with Crippen molar-refractivity contribution in [3.05, 3.63) is 35.5 Å². The Hall–Kier alpha value is -1.73. The summed E-state index contributed by atoms with van der Waals surface area (Å²) in [5, 5.41) is 9.38. The molecule has 14 heavy (non-hydrogen) atoms. The van der Waals surface area contributed by atoms with E-state index in [0.717, 1.165) is 15.6 Å². The average molecular weight is 201 g/mol. The zero-order chi connectivity index (χ0) is 9.80. The maximum absolute atomic E-state index is 8.51. The number of hydrogen-bond donors (Lipinski definition) is 0. The fourth-order valence-corrected chi connectivity index (χ4v) is 1.90. The molecule has 0 bridgehead atoms. The van der Waals surface area contributed by atoms with Crippen molar-refractivity contribution in [3.8, 4) is 16.8 Å². The molecule has 0 amide bonds. The topological polar surface area (TPSA) is 49.6 Å². The van der Waals surface area contributed by atoms with Gasteiger partial charge in [0.25, 0.3) is 0 Å². The first-order valence-electron chi connectivity index (χ1n) is 4.13. The standard InChI is InChI=1S/C10H7N3S/c11-5-4-8-7-13-10(14-8)9-3-1-2-6-12-9/h1-3,6-7H,4H2. The maximum Gasteiger partial charge on any atom is 0.142 e.